The minimum atomic E-state index is -0.172. The molecular formula is C13H19N3O. The highest BCUT2D eigenvalue weighted by Gasteiger charge is 2.09. The van der Waals surface area contributed by atoms with E-state index in [9.17, 15) is 4.79 Å². The van der Waals surface area contributed by atoms with Crippen molar-refractivity contribution < 1.29 is 0 Å². The van der Waals surface area contributed by atoms with E-state index in [1.165, 1.54) is 0 Å². The van der Waals surface area contributed by atoms with Crippen molar-refractivity contribution in [2.24, 2.45) is 0 Å². The molecule has 0 N–H and O–H groups in total. The molecule has 0 aliphatic carbocycles. The summed E-state index contributed by atoms with van der Waals surface area (Å²) >= 11 is 0. The Kier molecular flexibility index (Phi) is 4.47. The Labute approximate surface area is 102 Å². The van der Waals surface area contributed by atoms with E-state index in [0.29, 0.717) is 6.54 Å². The van der Waals surface area contributed by atoms with Crippen LogP contribution in [0.15, 0.2) is 11.0 Å². The van der Waals surface area contributed by atoms with Crippen molar-refractivity contribution in [3.05, 3.63) is 33.2 Å². The van der Waals surface area contributed by atoms with Gasteiger partial charge in [0.05, 0.1) is 0 Å². The van der Waals surface area contributed by atoms with E-state index >= 15 is 0 Å². The van der Waals surface area contributed by atoms with Gasteiger partial charge in [-0.1, -0.05) is 0 Å². The van der Waals surface area contributed by atoms with E-state index in [0.717, 1.165) is 24.1 Å². The smallest absolute Gasteiger partial charge is 0.268 e. The number of hydrogen-bond acceptors (Lipinski definition) is 3. The highest BCUT2D eigenvalue weighted by molar-refractivity contribution is 5.38. The summed E-state index contributed by atoms with van der Waals surface area (Å²) in [4.78, 5) is 14.1. The number of nitriles is 1. The quantitative estimate of drug-likeness (QED) is 0.787. The number of hydrogen-bond donors (Lipinski definition) is 0. The van der Waals surface area contributed by atoms with Gasteiger partial charge in [0.25, 0.3) is 5.56 Å². The fraction of sp³-hybridized carbons (Fsp3) is 0.538. The Hall–Kier alpha value is -1.60. The maximum Gasteiger partial charge on any atom is 0.268 e. The molecule has 0 spiro atoms. The third-order valence-corrected chi connectivity index (χ3v) is 2.91. The van der Waals surface area contributed by atoms with Gasteiger partial charge < -0.3 is 9.47 Å². The largest absolute Gasteiger partial charge is 0.314 e. The second kappa shape index (κ2) is 5.65. The lowest BCUT2D eigenvalue weighted by Crippen LogP contribution is -2.25. The van der Waals surface area contributed by atoms with Gasteiger partial charge in [-0.05, 0) is 52.0 Å². The Morgan fingerprint density at radius 2 is 2.06 bits per heavy atom. The van der Waals surface area contributed by atoms with Gasteiger partial charge in [0, 0.05) is 12.7 Å². The first-order chi connectivity index (χ1) is 7.97. The zero-order valence-electron chi connectivity index (χ0n) is 10.9. The minimum absolute atomic E-state index is 0.172. The van der Waals surface area contributed by atoms with Crippen molar-refractivity contribution in [1.29, 1.82) is 5.26 Å². The summed E-state index contributed by atoms with van der Waals surface area (Å²) in [6.07, 6.45) is 2.74. The van der Waals surface area contributed by atoms with Crippen LogP contribution in [-0.4, -0.2) is 30.1 Å². The Bertz CT molecular complexity index is 495. The fourth-order valence-corrected chi connectivity index (χ4v) is 1.75. The van der Waals surface area contributed by atoms with Crippen molar-refractivity contribution in [3.8, 4) is 6.07 Å². The SMILES string of the molecule is Cc1cn(CCCN(C)C)c(=O)c(C#N)c1C. The monoisotopic (exact) mass is 233 g/mol. The molecule has 17 heavy (non-hydrogen) atoms. The van der Waals surface area contributed by atoms with Gasteiger partial charge in [-0.2, -0.15) is 5.26 Å². The average molecular weight is 233 g/mol. The first kappa shape index (κ1) is 13.5. The van der Waals surface area contributed by atoms with Crippen LogP contribution in [0.4, 0.5) is 0 Å². The molecule has 0 atom stereocenters. The average Bonchev–Trinajstić information content (AvgIpc) is 2.26. The molecule has 0 bridgehead atoms. The van der Waals surface area contributed by atoms with E-state index in [1.807, 2.05) is 40.2 Å². The summed E-state index contributed by atoms with van der Waals surface area (Å²) < 4.78 is 1.64. The zero-order chi connectivity index (χ0) is 13.0. The van der Waals surface area contributed by atoms with Crippen LogP contribution in [-0.2, 0) is 6.54 Å². The van der Waals surface area contributed by atoms with Crippen LogP contribution in [0.2, 0.25) is 0 Å². The van der Waals surface area contributed by atoms with Crippen LogP contribution >= 0.6 is 0 Å². The zero-order valence-corrected chi connectivity index (χ0v) is 10.9. The van der Waals surface area contributed by atoms with Gasteiger partial charge in [0.1, 0.15) is 11.6 Å². The second-order valence-corrected chi connectivity index (χ2v) is 4.58. The van der Waals surface area contributed by atoms with Crippen molar-refractivity contribution in [3.63, 3.8) is 0 Å². The van der Waals surface area contributed by atoms with Gasteiger partial charge in [0.15, 0.2) is 0 Å². The number of nitrogens with zero attached hydrogens (tertiary/aromatic N) is 3. The molecule has 0 saturated heterocycles. The highest BCUT2D eigenvalue weighted by atomic mass is 16.1. The second-order valence-electron chi connectivity index (χ2n) is 4.58. The topological polar surface area (TPSA) is 49.0 Å². The number of pyridine rings is 1. The predicted molar refractivity (Wildman–Crippen MR) is 68.1 cm³/mol. The van der Waals surface area contributed by atoms with Crippen LogP contribution in [0.3, 0.4) is 0 Å². The molecule has 4 heteroatoms. The normalized spacial score (nSPS) is 10.6. The van der Waals surface area contributed by atoms with Crippen LogP contribution < -0.4 is 5.56 Å². The van der Waals surface area contributed by atoms with Gasteiger partial charge >= 0.3 is 0 Å². The molecule has 0 radical (unpaired) electrons. The van der Waals surface area contributed by atoms with E-state index in [-0.39, 0.29) is 11.1 Å². The summed E-state index contributed by atoms with van der Waals surface area (Å²) in [5, 5.41) is 8.99. The molecule has 4 nitrogen and oxygen atoms in total. The van der Waals surface area contributed by atoms with Gasteiger partial charge in [-0.3, -0.25) is 4.79 Å². The molecule has 0 aliphatic rings. The van der Waals surface area contributed by atoms with Crippen LogP contribution in [0.5, 0.6) is 0 Å². The van der Waals surface area contributed by atoms with Crippen molar-refractivity contribution >= 4 is 0 Å². The van der Waals surface area contributed by atoms with Gasteiger partial charge in [-0.25, -0.2) is 0 Å². The van der Waals surface area contributed by atoms with Crippen molar-refractivity contribution in [2.45, 2.75) is 26.8 Å². The third kappa shape index (κ3) is 3.18. The van der Waals surface area contributed by atoms with Gasteiger partial charge in [0.2, 0.25) is 0 Å². The lowest BCUT2D eigenvalue weighted by Gasteiger charge is -2.12. The summed E-state index contributed by atoms with van der Waals surface area (Å²) in [5.41, 5.74) is 1.89. The Balaban J connectivity index is 2.99. The van der Waals surface area contributed by atoms with E-state index in [2.05, 4.69) is 4.90 Å². The lowest BCUT2D eigenvalue weighted by atomic mass is 10.1. The van der Waals surface area contributed by atoms with Crippen molar-refractivity contribution in [2.75, 3.05) is 20.6 Å². The molecular weight excluding hydrogens is 214 g/mol. The standard InChI is InChI=1S/C13H19N3O/c1-10-9-16(7-5-6-15(3)4)13(17)12(8-14)11(10)2/h9H,5-7H2,1-4H3. The third-order valence-electron chi connectivity index (χ3n) is 2.91. The van der Waals surface area contributed by atoms with E-state index in [1.54, 1.807) is 4.57 Å². The minimum Gasteiger partial charge on any atom is -0.314 e. The Morgan fingerprint density at radius 3 is 2.59 bits per heavy atom. The van der Waals surface area contributed by atoms with Crippen LogP contribution in [0.1, 0.15) is 23.1 Å². The number of aryl methyl sites for hydroxylation is 2. The van der Waals surface area contributed by atoms with Crippen LogP contribution in [0, 0.1) is 25.2 Å². The summed E-state index contributed by atoms with van der Waals surface area (Å²) in [6.45, 7) is 5.34. The number of aromatic nitrogens is 1. The first-order valence-electron chi connectivity index (χ1n) is 5.73. The van der Waals surface area contributed by atoms with E-state index in [4.69, 9.17) is 5.26 Å². The summed E-state index contributed by atoms with van der Waals surface area (Å²) in [5.74, 6) is 0. The summed E-state index contributed by atoms with van der Waals surface area (Å²) in [6, 6.07) is 2.00. The van der Waals surface area contributed by atoms with E-state index < -0.39 is 0 Å². The first-order valence-corrected chi connectivity index (χ1v) is 5.73. The molecule has 1 aromatic rings. The highest BCUT2D eigenvalue weighted by Crippen LogP contribution is 2.07. The molecule has 0 aromatic carbocycles. The predicted octanol–water partition coefficient (Wildman–Crippen LogP) is 1.29. The molecule has 92 valence electrons. The molecule has 0 aliphatic heterocycles. The van der Waals surface area contributed by atoms with Crippen LogP contribution in [0.25, 0.3) is 0 Å². The summed E-state index contributed by atoms with van der Waals surface area (Å²) in [7, 11) is 4.01. The number of rotatable bonds is 4. The maximum absolute atomic E-state index is 12.0. The van der Waals surface area contributed by atoms with Gasteiger partial charge in [-0.15, -0.1) is 0 Å². The molecule has 0 amide bonds. The molecule has 1 aromatic heterocycles. The fourth-order valence-electron chi connectivity index (χ4n) is 1.75. The maximum atomic E-state index is 12.0. The molecule has 0 fully saturated rings. The van der Waals surface area contributed by atoms with Crippen molar-refractivity contribution in [1.82, 2.24) is 9.47 Å². The molecule has 1 rings (SSSR count). The Morgan fingerprint density at radius 1 is 1.41 bits per heavy atom. The molecule has 1 heterocycles. The molecule has 0 saturated carbocycles. The lowest BCUT2D eigenvalue weighted by molar-refractivity contribution is 0.384. The molecule has 0 unspecified atom stereocenters.